The molecule has 0 radical (unpaired) electrons. The molecule has 2 rings (SSSR count). The summed E-state index contributed by atoms with van der Waals surface area (Å²) in [5.41, 5.74) is 2.10. The molecule has 0 spiro atoms. The quantitative estimate of drug-likeness (QED) is 0.589. The first-order chi connectivity index (χ1) is 12.1. The lowest BCUT2D eigenvalue weighted by atomic mass is 10.2. The molecule has 0 aliphatic rings. The van der Waals surface area contributed by atoms with Crippen LogP contribution in [0.1, 0.15) is 30.9 Å². The van der Waals surface area contributed by atoms with Crippen LogP contribution in [-0.2, 0) is 13.0 Å². The second-order valence-corrected chi connectivity index (χ2v) is 5.84. The summed E-state index contributed by atoms with van der Waals surface area (Å²) >= 11 is 0. The smallest absolute Gasteiger partial charge is 0.194 e. The molecule has 0 aliphatic heterocycles. The van der Waals surface area contributed by atoms with Crippen LogP contribution in [0, 0.1) is 6.92 Å². The van der Waals surface area contributed by atoms with E-state index in [4.69, 9.17) is 9.26 Å². The van der Waals surface area contributed by atoms with Gasteiger partial charge in [-0.25, -0.2) is 4.99 Å². The van der Waals surface area contributed by atoms with Gasteiger partial charge in [0.1, 0.15) is 18.9 Å². The topological polar surface area (TPSA) is 62.9 Å². The Morgan fingerprint density at radius 1 is 1.32 bits per heavy atom. The van der Waals surface area contributed by atoms with Crippen LogP contribution in [0.5, 0.6) is 5.75 Å². The third-order valence-electron chi connectivity index (χ3n) is 3.83. The van der Waals surface area contributed by atoms with E-state index in [1.807, 2.05) is 44.3 Å². The summed E-state index contributed by atoms with van der Waals surface area (Å²) in [6, 6.07) is 9.99. The van der Waals surface area contributed by atoms with Crippen molar-refractivity contribution in [3.63, 3.8) is 0 Å². The predicted octanol–water partition coefficient (Wildman–Crippen LogP) is 3.02. The molecule has 6 nitrogen and oxygen atoms in total. The number of guanidine groups is 1. The highest BCUT2D eigenvalue weighted by atomic mass is 16.5. The van der Waals surface area contributed by atoms with Gasteiger partial charge in [0.05, 0.1) is 12.2 Å². The second-order valence-electron chi connectivity index (χ2n) is 5.84. The van der Waals surface area contributed by atoms with E-state index >= 15 is 0 Å². The minimum absolute atomic E-state index is 0.471. The highest BCUT2D eigenvalue weighted by molar-refractivity contribution is 5.79. The summed E-state index contributed by atoms with van der Waals surface area (Å²) in [7, 11) is 2.00. The molecule has 0 saturated carbocycles. The lowest BCUT2D eigenvalue weighted by Crippen LogP contribution is -2.40. The van der Waals surface area contributed by atoms with E-state index in [0.29, 0.717) is 13.2 Å². The number of para-hydroxylation sites is 1. The van der Waals surface area contributed by atoms with Crippen LogP contribution in [0.15, 0.2) is 39.8 Å². The zero-order valence-corrected chi connectivity index (χ0v) is 15.6. The Morgan fingerprint density at radius 2 is 2.12 bits per heavy atom. The summed E-state index contributed by atoms with van der Waals surface area (Å²) in [5, 5.41) is 7.29. The number of ether oxygens (including phenoxy) is 1. The van der Waals surface area contributed by atoms with Crippen molar-refractivity contribution in [1.29, 1.82) is 0 Å². The first kappa shape index (κ1) is 18.8. The maximum absolute atomic E-state index is 5.86. The third-order valence-corrected chi connectivity index (χ3v) is 3.83. The number of aryl methyl sites for hydroxylation is 2. The number of rotatable bonds is 8. The minimum atomic E-state index is 0.471. The van der Waals surface area contributed by atoms with Gasteiger partial charge < -0.3 is 19.5 Å². The fourth-order valence-corrected chi connectivity index (χ4v) is 2.34. The molecule has 0 fully saturated rings. The first-order valence-electron chi connectivity index (χ1n) is 8.76. The molecule has 25 heavy (non-hydrogen) atoms. The van der Waals surface area contributed by atoms with E-state index in [0.717, 1.165) is 48.2 Å². The predicted molar refractivity (Wildman–Crippen MR) is 100 cm³/mol. The van der Waals surface area contributed by atoms with Crippen molar-refractivity contribution in [3.05, 3.63) is 47.3 Å². The van der Waals surface area contributed by atoms with Gasteiger partial charge in [0.15, 0.2) is 11.7 Å². The van der Waals surface area contributed by atoms with Crippen molar-refractivity contribution in [3.8, 4) is 5.75 Å². The molecule has 0 unspecified atom stereocenters. The van der Waals surface area contributed by atoms with E-state index in [1.165, 1.54) is 0 Å². The van der Waals surface area contributed by atoms with Gasteiger partial charge in [0.2, 0.25) is 0 Å². The van der Waals surface area contributed by atoms with Crippen LogP contribution in [0.4, 0.5) is 0 Å². The average molecular weight is 344 g/mol. The molecule has 1 N–H and O–H groups in total. The normalized spacial score (nSPS) is 11.4. The maximum atomic E-state index is 5.86. The minimum Gasteiger partial charge on any atom is -0.491 e. The van der Waals surface area contributed by atoms with Gasteiger partial charge in [0.25, 0.3) is 0 Å². The molecule has 0 aliphatic carbocycles. The van der Waals surface area contributed by atoms with Crippen molar-refractivity contribution in [1.82, 2.24) is 15.4 Å². The van der Waals surface area contributed by atoms with Gasteiger partial charge in [-0.15, -0.1) is 0 Å². The van der Waals surface area contributed by atoms with E-state index in [9.17, 15) is 0 Å². The lowest BCUT2D eigenvalue weighted by Gasteiger charge is -2.22. The Balaban J connectivity index is 1.89. The Labute approximate surface area is 149 Å². The monoisotopic (exact) mass is 344 g/mol. The summed E-state index contributed by atoms with van der Waals surface area (Å²) in [6.45, 7) is 8.75. The molecule has 6 heteroatoms. The Kier molecular flexibility index (Phi) is 7.32. The van der Waals surface area contributed by atoms with Crippen molar-refractivity contribution in [2.75, 3.05) is 26.7 Å². The molecule has 0 bridgehead atoms. The molecule has 1 heterocycles. The lowest BCUT2D eigenvalue weighted by molar-refractivity contribution is 0.279. The fourth-order valence-electron chi connectivity index (χ4n) is 2.34. The molecule has 136 valence electrons. The Hall–Kier alpha value is -2.50. The zero-order valence-electron chi connectivity index (χ0n) is 15.6. The van der Waals surface area contributed by atoms with Crippen molar-refractivity contribution in [2.24, 2.45) is 4.99 Å². The average Bonchev–Trinajstić information content (AvgIpc) is 3.08. The summed E-state index contributed by atoms with van der Waals surface area (Å²) in [4.78, 5) is 6.67. The molecule has 0 amide bonds. The van der Waals surface area contributed by atoms with Crippen LogP contribution in [0.2, 0.25) is 0 Å². The molecule has 2 aromatic rings. The molecule has 1 aromatic heterocycles. The van der Waals surface area contributed by atoms with Crippen LogP contribution in [-0.4, -0.2) is 42.8 Å². The number of nitrogens with zero attached hydrogens (tertiary/aromatic N) is 3. The largest absolute Gasteiger partial charge is 0.491 e. The fraction of sp³-hybridized carbons (Fsp3) is 0.474. The molecule has 0 atom stereocenters. The number of likely N-dealkylation sites (N-methyl/N-ethyl adjacent to an activating group) is 1. The van der Waals surface area contributed by atoms with Gasteiger partial charge in [-0.05, 0) is 31.9 Å². The number of hydrogen-bond donors (Lipinski definition) is 1. The zero-order chi connectivity index (χ0) is 18.1. The second kappa shape index (κ2) is 9.71. The summed E-state index contributed by atoms with van der Waals surface area (Å²) < 4.78 is 11.2. The highest BCUT2D eigenvalue weighted by Crippen LogP contribution is 2.15. The van der Waals surface area contributed by atoms with Gasteiger partial charge >= 0.3 is 0 Å². The van der Waals surface area contributed by atoms with Gasteiger partial charge in [-0.1, -0.05) is 30.3 Å². The highest BCUT2D eigenvalue weighted by Gasteiger charge is 2.08. The number of nitrogens with one attached hydrogen (secondary N) is 1. The molecule has 1 aromatic carbocycles. The summed E-state index contributed by atoms with van der Waals surface area (Å²) in [6.07, 6.45) is 0.865. The molecule has 0 saturated heterocycles. The maximum Gasteiger partial charge on any atom is 0.194 e. The summed E-state index contributed by atoms with van der Waals surface area (Å²) in [5.74, 6) is 2.52. The van der Waals surface area contributed by atoms with E-state index in [1.54, 1.807) is 0 Å². The van der Waals surface area contributed by atoms with Gasteiger partial charge in [-0.3, -0.25) is 0 Å². The van der Waals surface area contributed by atoms with Crippen LogP contribution in [0.3, 0.4) is 0 Å². The van der Waals surface area contributed by atoms with Crippen LogP contribution >= 0.6 is 0 Å². The number of benzene rings is 1. The van der Waals surface area contributed by atoms with E-state index < -0.39 is 0 Å². The van der Waals surface area contributed by atoms with E-state index in [2.05, 4.69) is 34.2 Å². The van der Waals surface area contributed by atoms with Crippen molar-refractivity contribution >= 4 is 5.96 Å². The van der Waals surface area contributed by atoms with Gasteiger partial charge in [-0.2, -0.15) is 0 Å². The van der Waals surface area contributed by atoms with Crippen LogP contribution < -0.4 is 10.1 Å². The molecular weight excluding hydrogens is 316 g/mol. The third kappa shape index (κ3) is 5.81. The SMILES string of the molecule is CCNC(=NCc1cc(CC)no1)N(C)CCOc1ccccc1C. The van der Waals surface area contributed by atoms with Gasteiger partial charge in [0, 0.05) is 19.7 Å². The van der Waals surface area contributed by atoms with E-state index in [-0.39, 0.29) is 0 Å². The van der Waals surface area contributed by atoms with Crippen molar-refractivity contribution < 1.29 is 9.26 Å². The molecular formula is C19H28N4O2. The first-order valence-corrected chi connectivity index (χ1v) is 8.76. The Morgan fingerprint density at radius 3 is 2.80 bits per heavy atom. The van der Waals surface area contributed by atoms with Crippen molar-refractivity contribution in [2.45, 2.75) is 33.7 Å². The number of aliphatic imine (C=N–C) groups is 1. The standard InChI is InChI=1S/C19H28N4O2/c1-5-16-13-17(25-22-16)14-21-19(20-6-2)23(4)11-12-24-18-10-8-7-9-15(18)3/h7-10,13H,5-6,11-12,14H2,1-4H3,(H,20,21). The Bertz CT molecular complexity index is 682. The van der Waals surface area contributed by atoms with Crippen LogP contribution in [0.25, 0.3) is 0 Å². The number of hydrogen-bond acceptors (Lipinski definition) is 4. The number of aromatic nitrogens is 1.